The fourth-order valence-corrected chi connectivity index (χ4v) is 3.32. The molecule has 0 aliphatic rings. The first-order valence-corrected chi connectivity index (χ1v) is 7.34. The van der Waals surface area contributed by atoms with E-state index in [4.69, 9.17) is 0 Å². The first-order chi connectivity index (χ1) is 8.25. The standard InChI is InChI=1S/C14H15BrOS/c15-14-10-9-12(17-14)7-4-8-13(16)11-5-2-1-3-6-11/h1-3,5-6,9-10,13,16H,4,7-8H2. The van der Waals surface area contributed by atoms with Crippen LogP contribution in [0.4, 0.5) is 0 Å². The van der Waals surface area contributed by atoms with Crippen molar-refractivity contribution in [1.82, 2.24) is 0 Å². The number of aliphatic hydroxyl groups excluding tert-OH is 1. The van der Waals surface area contributed by atoms with E-state index in [9.17, 15) is 5.11 Å². The van der Waals surface area contributed by atoms with Crippen molar-refractivity contribution >= 4 is 27.3 Å². The van der Waals surface area contributed by atoms with Crippen LogP contribution in [0.15, 0.2) is 46.3 Å². The normalized spacial score (nSPS) is 12.6. The molecule has 1 atom stereocenters. The van der Waals surface area contributed by atoms with Crippen molar-refractivity contribution in [2.75, 3.05) is 0 Å². The zero-order valence-corrected chi connectivity index (χ0v) is 11.9. The summed E-state index contributed by atoms with van der Waals surface area (Å²) in [6, 6.07) is 14.1. The Bertz CT molecular complexity index is 452. The molecule has 1 nitrogen and oxygen atoms in total. The van der Waals surface area contributed by atoms with Gasteiger partial charge in [-0.05, 0) is 52.9 Å². The topological polar surface area (TPSA) is 20.2 Å². The summed E-state index contributed by atoms with van der Waals surface area (Å²) in [4.78, 5) is 1.37. The van der Waals surface area contributed by atoms with E-state index in [1.165, 1.54) is 8.66 Å². The highest BCUT2D eigenvalue weighted by Gasteiger charge is 2.06. The average molecular weight is 311 g/mol. The van der Waals surface area contributed by atoms with E-state index >= 15 is 0 Å². The molecule has 0 aliphatic carbocycles. The molecule has 2 aromatic rings. The van der Waals surface area contributed by atoms with Crippen LogP contribution in [-0.4, -0.2) is 5.11 Å². The van der Waals surface area contributed by atoms with Crippen molar-refractivity contribution in [3.05, 3.63) is 56.7 Å². The van der Waals surface area contributed by atoms with Crippen LogP contribution in [-0.2, 0) is 6.42 Å². The van der Waals surface area contributed by atoms with Crippen LogP contribution in [0.25, 0.3) is 0 Å². The first kappa shape index (κ1) is 12.8. The molecule has 0 saturated carbocycles. The minimum Gasteiger partial charge on any atom is -0.388 e. The summed E-state index contributed by atoms with van der Waals surface area (Å²) in [7, 11) is 0. The maximum Gasteiger partial charge on any atom is 0.0790 e. The zero-order valence-electron chi connectivity index (χ0n) is 9.47. The van der Waals surface area contributed by atoms with Crippen molar-refractivity contribution in [1.29, 1.82) is 0 Å². The molecule has 0 spiro atoms. The lowest BCUT2D eigenvalue weighted by Crippen LogP contribution is -1.97. The zero-order chi connectivity index (χ0) is 12.1. The van der Waals surface area contributed by atoms with Crippen LogP contribution in [0.1, 0.15) is 29.4 Å². The lowest BCUT2D eigenvalue weighted by atomic mass is 10.0. The second-order valence-electron chi connectivity index (χ2n) is 4.02. The maximum absolute atomic E-state index is 10.00. The Balaban J connectivity index is 1.79. The van der Waals surface area contributed by atoms with Crippen molar-refractivity contribution in [3.8, 4) is 0 Å². The molecule has 0 bridgehead atoms. The highest BCUT2D eigenvalue weighted by molar-refractivity contribution is 9.11. The second kappa shape index (κ2) is 6.34. The van der Waals surface area contributed by atoms with Crippen LogP contribution in [0.5, 0.6) is 0 Å². The third-order valence-electron chi connectivity index (χ3n) is 2.71. The summed E-state index contributed by atoms with van der Waals surface area (Å²) < 4.78 is 1.18. The summed E-state index contributed by atoms with van der Waals surface area (Å²) >= 11 is 5.23. The van der Waals surface area contributed by atoms with Gasteiger partial charge in [-0.25, -0.2) is 0 Å². The van der Waals surface area contributed by atoms with Gasteiger partial charge in [-0.3, -0.25) is 0 Å². The lowest BCUT2D eigenvalue weighted by Gasteiger charge is -2.09. The van der Waals surface area contributed by atoms with Crippen LogP contribution >= 0.6 is 27.3 Å². The predicted molar refractivity (Wildman–Crippen MR) is 76.4 cm³/mol. The van der Waals surface area contributed by atoms with E-state index in [0.29, 0.717) is 0 Å². The summed E-state index contributed by atoms with van der Waals surface area (Å²) in [5, 5.41) is 10.00. The van der Waals surface area contributed by atoms with Crippen LogP contribution in [0.2, 0.25) is 0 Å². The Hall–Kier alpha value is -0.640. The van der Waals surface area contributed by atoms with Gasteiger partial charge in [0.05, 0.1) is 9.89 Å². The third-order valence-corrected chi connectivity index (χ3v) is 4.40. The molecule has 0 saturated heterocycles. The molecule has 17 heavy (non-hydrogen) atoms. The molecule has 0 amide bonds. The number of rotatable bonds is 5. The Morgan fingerprint density at radius 2 is 1.88 bits per heavy atom. The summed E-state index contributed by atoms with van der Waals surface area (Å²) in [5.74, 6) is 0. The van der Waals surface area contributed by atoms with Crippen LogP contribution in [0.3, 0.4) is 0 Å². The van der Waals surface area contributed by atoms with Gasteiger partial charge in [0.25, 0.3) is 0 Å². The van der Waals surface area contributed by atoms with Gasteiger partial charge in [0.2, 0.25) is 0 Å². The average Bonchev–Trinajstić information content (AvgIpc) is 2.76. The van der Waals surface area contributed by atoms with Crippen molar-refractivity contribution in [2.24, 2.45) is 0 Å². The van der Waals surface area contributed by atoms with Crippen molar-refractivity contribution in [2.45, 2.75) is 25.4 Å². The molecular weight excluding hydrogens is 296 g/mol. The third kappa shape index (κ3) is 3.95. The molecule has 1 N–H and O–H groups in total. The Kier molecular flexibility index (Phi) is 4.77. The van der Waals surface area contributed by atoms with Gasteiger partial charge in [-0.15, -0.1) is 11.3 Å². The van der Waals surface area contributed by atoms with E-state index < -0.39 is 0 Å². The van der Waals surface area contributed by atoms with Gasteiger partial charge in [0.1, 0.15) is 0 Å². The number of hydrogen-bond acceptors (Lipinski definition) is 2. The fourth-order valence-electron chi connectivity index (χ4n) is 1.80. The largest absolute Gasteiger partial charge is 0.388 e. The van der Waals surface area contributed by atoms with Crippen LogP contribution in [0, 0.1) is 0 Å². The molecule has 0 radical (unpaired) electrons. The minimum absolute atomic E-state index is 0.334. The molecule has 1 heterocycles. The smallest absolute Gasteiger partial charge is 0.0790 e. The Labute approximate surface area is 114 Å². The van der Waals surface area contributed by atoms with Crippen molar-refractivity contribution < 1.29 is 5.11 Å². The van der Waals surface area contributed by atoms with Gasteiger partial charge in [0, 0.05) is 4.88 Å². The number of hydrogen-bond donors (Lipinski definition) is 1. The van der Waals surface area contributed by atoms with Gasteiger partial charge >= 0.3 is 0 Å². The summed E-state index contributed by atoms with van der Waals surface area (Å²) in [6.45, 7) is 0. The molecule has 0 fully saturated rings. The molecule has 0 aliphatic heterocycles. The van der Waals surface area contributed by atoms with E-state index in [2.05, 4.69) is 28.1 Å². The molecule has 2 rings (SSSR count). The molecule has 90 valence electrons. The monoisotopic (exact) mass is 310 g/mol. The second-order valence-corrected chi connectivity index (χ2v) is 6.57. The van der Waals surface area contributed by atoms with E-state index in [1.807, 2.05) is 30.3 Å². The number of aryl methyl sites for hydroxylation is 1. The summed E-state index contributed by atoms with van der Waals surface area (Å²) in [5.41, 5.74) is 1.01. The van der Waals surface area contributed by atoms with Gasteiger partial charge in [0.15, 0.2) is 0 Å². The molecule has 3 heteroatoms. The Morgan fingerprint density at radius 1 is 1.12 bits per heavy atom. The molecule has 1 unspecified atom stereocenters. The van der Waals surface area contributed by atoms with E-state index in [-0.39, 0.29) is 6.10 Å². The molecule has 1 aromatic carbocycles. The highest BCUT2D eigenvalue weighted by Crippen LogP contribution is 2.25. The quantitative estimate of drug-likeness (QED) is 0.858. The Morgan fingerprint density at radius 3 is 2.53 bits per heavy atom. The summed E-state index contributed by atoms with van der Waals surface area (Å²) in [6.07, 6.45) is 2.54. The van der Waals surface area contributed by atoms with Crippen LogP contribution < -0.4 is 0 Å². The highest BCUT2D eigenvalue weighted by atomic mass is 79.9. The lowest BCUT2D eigenvalue weighted by molar-refractivity contribution is 0.165. The minimum atomic E-state index is -0.334. The molecule has 1 aromatic heterocycles. The van der Waals surface area contributed by atoms with Gasteiger partial charge in [-0.1, -0.05) is 30.3 Å². The first-order valence-electron chi connectivity index (χ1n) is 5.73. The van der Waals surface area contributed by atoms with Gasteiger partial charge in [-0.2, -0.15) is 0 Å². The maximum atomic E-state index is 10.00. The number of halogens is 1. The molecular formula is C14H15BrOS. The number of benzene rings is 1. The number of aliphatic hydroxyl groups is 1. The van der Waals surface area contributed by atoms with E-state index in [1.54, 1.807) is 11.3 Å². The van der Waals surface area contributed by atoms with Crippen molar-refractivity contribution in [3.63, 3.8) is 0 Å². The SMILES string of the molecule is OC(CCCc1ccc(Br)s1)c1ccccc1. The van der Waals surface area contributed by atoms with Gasteiger partial charge < -0.3 is 5.11 Å². The number of thiophene rings is 1. The fraction of sp³-hybridized carbons (Fsp3) is 0.286. The van der Waals surface area contributed by atoms with E-state index in [0.717, 1.165) is 24.8 Å². The predicted octanol–water partition coefficient (Wildman–Crippen LogP) is 4.57.